The molecule has 0 aliphatic heterocycles. The summed E-state index contributed by atoms with van der Waals surface area (Å²) < 4.78 is 0. The molecular weight excluding hydrogens is 586 g/mol. The van der Waals surface area contributed by atoms with E-state index in [1.807, 2.05) is 12.4 Å². The van der Waals surface area contributed by atoms with Gasteiger partial charge in [-0.3, -0.25) is 9.98 Å². The van der Waals surface area contributed by atoms with Crippen LogP contribution < -0.4 is 56.4 Å². The Hall–Kier alpha value is -3.38. The third kappa shape index (κ3) is 6.30. The zero-order valence-electron chi connectivity index (χ0n) is 27.9. The molecule has 0 N–H and O–H groups in total. The van der Waals surface area contributed by atoms with Crippen molar-refractivity contribution in [2.24, 2.45) is 9.98 Å². The standard InChI is InChI=1S/C42H38N3.K/c1-41(2,3)31-21-29(25-43-37-19-11-15-27-13-7-9-17-33(27)37)39-35(23-31)36-24-32(42(4,5)6)22-30(40(36)45-39)26-44-38-20-12-16-28-14-8-10-18-34(28)38;/h7-26H,1-6H3;/q-1;+1. The Kier molecular flexibility index (Phi) is 8.97. The molecule has 1 heterocycles. The predicted molar refractivity (Wildman–Crippen MR) is 195 cm³/mol. The molecular formula is C42H38KN3. The smallest absolute Gasteiger partial charge is 0.656 e. The van der Waals surface area contributed by atoms with Crippen molar-refractivity contribution in [3.63, 3.8) is 0 Å². The first kappa shape index (κ1) is 32.6. The van der Waals surface area contributed by atoms with Crippen LogP contribution >= 0.6 is 0 Å². The van der Waals surface area contributed by atoms with Gasteiger partial charge in [-0.25, -0.2) is 0 Å². The minimum atomic E-state index is -0.0416. The maximum atomic E-state index is 5.33. The number of fused-ring (bicyclic) bond motifs is 5. The zero-order chi connectivity index (χ0) is 31.3. The van der Waals surface area contributed by atoms with Gasteiger partial charge in [0.25, 0.3) is 0 Å². The van der Waals surface area contributed by atoms with Crippen LogP contribution in [0.3, 0.4) is 0 Å². The van der Waals surface area contributed by atoms with E-state index in [0.717, 1.165) is 55.1 Å². The topological polar surface area (TPSA) is 38.8 Å². The number of benzene rings is 6. The van der Waals surface area contributed by atoms with Crippen molar-refractivity contribution in [1.29, 1.82) is 0 Å². The molecule has 7 rings (SSSR count). The van der Waals surface area contributed by atoms with Crippen molar-refractivity contribution in [3.8, 4) is 0 Å². The van der Waals surface area contributed by atoms with E-state index in [9.17, 15) is 0 Å². The van der Waals surface area contributed by atoms with E-state index in [1.165, 1.54) is 21.9 Å². The van der Waals surface area contributed by atoms with Crippen molar-refractivity contribution in [3.05, 3.63) is 131 Å². The zero-order valence-corrected chi connectivity index (χ0v) is 31.0. The van der Waals surface area contributed by atoms with Crippen molar-refractivity contribution in [2.75, 3.05) is 0 Å². The van der Waals surface area contributed by atoms with Crippen molar-refractivity contribution < 1.29 is 51.4 Å². The van der Waals surface area contributed by atoms with Gasteiger partial charge in [0.15, 0.2) is 0 Å². The number of hydrogen-bond acceptors (Lipinski definition) is 2. The summed E-state index contributed by atoms with van der Waals surface area (Å²) in [5, 5.41) is 6.96. The van der Waals surface area contributed by atoms with Crippen LogP contribution in [0.5, 0.6) is 0 Å². The third-order valence-corrected chi connectivity index (χ3v) is 8.74. The van der Waals surface area contributed by atoms with E-state index in [4.69, 9.17) is 15.0 Å². The second kappa shape index (κ2) is 12.7. The minimum Gasteiger partial charge on any atom is -0.656 e. The molecule has 0 spiro atoms. The monoisotopic (exact) mass is 623 g/mol. The van der Waals surface area contributed by atoms with Crippen LogP contribution in [0.15, 0.2) is 119 Å². The molecule has 0 aliphatic rings. The van der Waals surface area contributed by atoms with E-state index in [1.54, 1.807) is 0 Å². The quantitative estimate of drug-likeness (QED) is 0.143. The molecule has 0 aliphatic carbocycles. The molecule has 0 atom stereocenters. The fraction of sp³-hybridized carbons (Fsp3) is 0.190. The summed E-state index contributed by atoms with van der Waals surface area (Å²) in [6.07, 6.45) is 4.00. The van der Waals surface area contributed by atoms with Crippen LogP contribution in [-0.2, 0) is 10.8 Å². The Morgan fingerprint density at radius 1 is 0.478 bits per heavy atom. The van der Waals surface area contributed by atoms with Gasteiger partial charge >= 0.3 is 51.4 Å². The molecule has 46 heavy (non-hydrogen) atoms. The van der Waals surface area contributed by atoms with Gasteiger partial charge < -0.3 is 4.98 Å². The predicted octanol–water partition coefficient (Wildman–Crippen LogP) is 8.36. The summed E-state index contributed by atoms with van der Waals surface area (Å²) in [4.78, 5) is 15.4. The first-order valence-corrected chi connectivity index (χ1v) is 15.7. The molecule has 0 amide bonds. The minimum absolute atomic E-state index is 0. The van der Waals surface area contributed by atoms with E-state index >= 15 is 0 Å². The van der Waals surface area contributed by atoms with Gasteiger partial charge in [-0.2, -0.15) is 0 Å². The fourth-order valence-electron chi connectivity index (χ4n) is 6.07. The summed E-state index contributed by atoms with van der Waals surface area (Å²) >= 11 is 0. The molecule has 6 aromatic carbocycles. The van der Waals surface area contributed by atoms with Gasteiger partial charge in [-0.1, -0.05) is 139 Å². The second-order valence-electron chi connectivity index (χ2n) is 14.0. The second-order valence-corrected chi connectivity index (χ2v) is 14.0. The van der Waals surface area contributed by atoms with E-state index < -0.39 is 0 Å². The average molecular weight is 624 g/mol. The average Bonchev–Trinajstić information content (AvgIpc) is 3.40. The van der Waals surface area contributed by atoms with Crippen molar-refractivity contribution >= 4 is 67.2 Å². The van der Waals surface area contributed by atoms with Gasteiger partial charge in [0.2, 0.25) is 0 Å². The van der Waals surface area contributed by atoms with Crippen LogP contribution in [0.25, 0.3) is 43.4 Å². The number of aliphatic imine (C=N–C) groups is 2. The molecule has 0 unspecified atom stereocenters. The maximum absolute atomic E-state index is 5.33. The molecule has 0 fully saturated rings. The molecule has 0 saturated carbocycles. The molecule has 3 nitrogen and oxygen atoms in total. The summed E-state index contributed by atoms with van der Waals surface area (Å²) in [5.74, 6) is 0. The summed E-state index contributed by atoms with van der Waals surface area (Å²) in [5.41, 5.74) is 8.33. The van der Waals surface area contributed by atoms with Crippen LogP contribution in [0.4, 0.5) is 11.4 Å². The van der Waals surface area contributed by atoms with Crippen molar-refractivity contribution in [1.82, 2.24) is 4.98 Å². The SMILES string of the molecule is CC(C)(C)c1cc(C=Nc2cccc3ccccc23)c2[n-]c3c(C=Nc4cccc5ccccc45)cc(C(C)(C)C)cc3c2c1.[K+]. The Labute approximate surface area is 314 Å². The normalized spacial score (nSPS) is 12.7. The first-order valence-electron chi connectivity index (χ1n) is 15.7. The largest absolute Gasteiger partial charge is 1.00 e. The third-order valence-electron chi connectivity index (χ3n) is 8.74. The Morgan fingerprint density at radius 2 is 0.870 bits per heavy atom. The van der Waals surface area contributed by atoms with Crippen LogP contribution in [-0.4, -0.2) is 12.4 Å². The van der Waals surface area contributed by atoms with Crippen LogP contribution in [0, 0.1) is 0 Å². The van der Waals surface area contributed by atoms with Gasteiger partial charge in [0.05, 0.1) is 11.4 Å². The Morgan fingerprint density at radius 3 is 1.28 bits per heavy atom. The maximum Gasteiger partial charge on any atom is 1.00 e. The Bertz CT molecular complexity index is 2120. The molecule has 7 aromatic rings. The molecule has 4 heteroatoms. The van der Waals surface area contributed by atoms with Crippen LogP contribution in [0.1, 0.15) is 63.8 Å². The van der Waals surface area contributed by atoms with E-state index in [0.29, 0.717) is 0 Å². The molecule has 1 aromatic heterocycles. The van der Waals surface area contributed by atoms with E-state index in [-0.39, 0.29) is 62.2 Å². The fourth-order valence-corrected chi connectivity index (χ4v) is 6.07. The summed E-state index contributed by atoms with van der Waals surface area (Å²) in [6, 6.07) is 38.5. The number of rotatable bonds is 4. The first-order chi connectivity index (χ1) is 21.6. The molecule has 222 valence electrons. The molecule has 0 saturated heterocycles. The number of hydrogen-bond donors (Lipinski definition) is 0. The van der Waals surface area contributed by atoms with Gasteiger partial charge in [-0.15, -0.1) is 11.0 Å². The van der Waals surface area contributed by atoms with Gasteiger partial charge in [0, 0.05) is 23.2 Å². The molecule has 0 radical (unpaired) electrons. The van der Waals surface area contributed by atoms with Crippen molar-refractivity contribution in [2.45, 2.75) is 52.4 Å². The van der Waals surface area contributed by atoms with Crippen LogP contribution in [0.2, 0.25) is 0 Å². The Balaban J connectivity index is 0.00000372. The summed E-state index contributed by atoms with van der Waals surface area (Å²) in [6.45, 7) is 13.6. The number of aromatic nitrogens is 1. The summed E-state index contributed by atoms with van der Waals surface area (Å²) in [7, 11) is 0. The van der Waals surface area contributed by atoms with E-state index in [2.05, 4.69) is 151 Å². The van der Waals surface area contributed by atoms with Gasteiger partial charge in [0.1, 0.15) is 0 Å². The van der Waals surface area contributed by atoms with Gasteiger partial charge in [-0.05, 0) is 66.8 Å². The molecule has 0 bridgehead atoms. The number of nitrogens with zero attached hydrogens (tertiary/aromatic N) is 3.